The van der Waals surface area contributed by atoms with Crippen LogP contribution in [0.4, 0.5) is 0 Å². The largest absolute Gasteiger partial charge is 0.345 e. The van der Waals surface area contributed by atoms with Gasteiger partial charge in [0, 0.05) is 6.42 Å². The third kappa shape index (κ3) is 1.66. The molecule has 1 heterocycles. The third-order valence-corrected chi connectivity index (χ3v) is 2.37. The van der Waals surface area contributed by atoms with Crippen molar-refractivity contribution in [2.75, 3.05) is 0 Å². The second-order valence-electron chi connectivity index (χ2n) is 3.39. The van der Waals surface area contributed by atoms with Crippen LogP contribution in [0, 0.1) is 0 Å². The summed E-state index contributed by atoms with van der Waals surface area (Å²) in [5.41, 5.74) is 2.06. The maximum atomic E-state index is 11.3. The van der Waals surface area contributed by atoms with Crippen LogP contribution in [0.25, 0.3) is 0 Å². The standard InChI is InChI=1S/C11H10NO2/c13-7-10-5-8-3-1-2-4-9(8)6-11(14)12-10/h1-4,10H,5-6H2,(H,12,14). The van der Waals surface area contributed by atoms with Crippen LogP contribution in [0.1, 0.15) is 11.1 Å². The van der Waals surface area contributed by atoms with E-state index in [2.05, 4.69) is 5.32 Å². The van der Waals surface area contributed by atoms with Crippen LogP contribution in [0.3, 0.4) is 0 Å². The van der Waals surface area contributed by atoms with Crippen LogP contribution in [0.5, 0.6) is 0 Å². The van der Waals surface area contributed by atoms with Crippen LogP contribution in [-0.4, -0.2) is 18.2 Å². The number of fused-ring (bicyclic) bond motifs is 1. The minimum absolute atomic E-state index is 0.108. The van der Waals surface area contributed by atoms with Gasteiger partial charge >= 0.3 is 0 Å². The molecule has 3 heteroatoms. The first-order chi connectivity index (χ1) is 6.79. The summed E-state index contributed by atoms with van der Waals surface area (Å²) in [6, 6.07) is 7.18. The molecule has 3 nitrogen and oxygen atoms in total. The molecule has 0 fully saturated rings. The monoisotopic (exact) mass is 188 g/mol. The summed E-state index contributed by atoms with van der Waals surface area (Å²) in [6.07, 6.45) is 2.74. The van der Waals surface area contributed by atoms with E-state index in [0.29, 0.717) is 12.8 Å². The maximum absolute atomic E-state index is 11.3. The SMILES string of the molecule is O=[C]C1Cc2ccccc2CC(=O)N1. The molecule has 0 bridgehead atoms. The van der Waals surface area contributed by atoms with Crippen LogP contribution in [0.15, 0.2) is 24.3 Å². The van der Waals surface area contributed by atoms with Crippen molar-refractivity contribution in [3.8, 4) is 0 Å². The fourth-order valence-electron chi connectivity index (χ4n) is 1.69. The molecule has 14 heavy (non-hydrogen) atoms. The van der Waals surface area contributed by atoms with E-state index in [-0.39, 0.29) is 5.91 Å². The van der Waals surface area contributed by atoms with Gasteiger partial charge in [0.25, 0.3) is 0 Å². The van der Waals surface area contributed by atoms with E-state index < -0.39 is 6.04 Å². The predicted octanol–water partition coefficient (Wildman–Crippen LogP) is 0.380. The molecule has 1 amide bonds. The number of hydrogen-bond donors (Lipinski definition) is 1. The van der Waals surface area contributed by atoms with Crippen molar-refractivity contribution in [3.63, 3.8) is 0 Å². The average molecular weight is 188 g/mol. The van der Waals surface area contributed by atoms with Gasteiger partial charge in [-0.25, -0.2) is 0 Å². The van der Waals surface area contributed by atoms with E-state index >= 15 is 0 Å². The van der Waals surface area contributed by atoms with Gasteiger partial charge in [0.05, 0.1) is 12.5 Å². The smallest absolute Gasteiger partial charge is 0.225 e. The van der Waals surface area contributed by atoms with Crippen LogP contribution < -0.4 is 5.32 Å². The Morgan fingerprint density at radius 1 is 1.29 bits per heavy atom. The van der Waals surface area contributed by atoms with Crippen molar-refractivity contribution >= 4 is 12.2 Å². The molecule has 1 aromatic carbocycles. The number of rotatable bonds is 1. The predicted molar refractivity (Wildman–Crippen MR) is 51.5 cm³/mol. The Morgan fingerprint density at radius 3 is 2.71 bits per heavy atom. The molecule has 0 aromatic heterocycles. The summed E-state index contributed by atoms with van der Waals surface area (Å²) in [5.74, 6) is -0.108. The van der Waals surface area contributed by atoms with E-state index in [9.17, 15) is 9.59 Å². The molecule has 2 rings (SSSR count). The van der Waals surface area contributed by atoms with Gasteiger partial charge in [0.15, 0.2) is 0 Å². The van der Waals surface area contributed by atoms with E-state index in [4.69, 9.17) is 0 Å². The van der Waals surface area contributed by atoms with Gasteiger partial charge in [-0.3, -0.25) is 9.59 Å². The molecule has 1 aromatic rings. The van der Waals surface area contributed by atoms with Crippen molar-refractivity contribution < 1.29 is 9.59 Å². The molecule has 1 radical (unpaired) electrons. The van der Waals surface area contributed by atoms with Crippen molar-refractivity contribution in [1.29, 1.82) is 0 Å². The summed E-state index contributed by atoms with van der Waals surface area (Å²) in [5, 5.41) is 2.61. The summed E-state index contributed by atoms with van der Waals surface area (Å²) in [4.78, 5) is 21.9. The minimum Gasteiger partial charge on any atom is -0.345 e. The molecule has 0 saturated carbocycles. The second kappa shape index (κ2) is 3.62. The molecule has 0 saturated heterocycles. The van der Waals surface area contributed by atoms with Gasteiger partial charge in [0.1, 0.15) is 0 Å². The van der Waals surface area contributed by atoms with Gasteiger partial charge in [-0.15, -0.1) is 0 Å². The fourth-order valence-corrected chi connectivity index (χ4v) is 1.69. The zero-order valence-corrected chi connectivity index (χ0v) is 7.62. The van der Waals surface area contributed by atoms with Gasteiger partial charge in [-0.1, -0.05) is 24.3 Å². The fraction of sp³-hybridized carbons (Fsp3) is 0.273. The Hall–Kier alpha value is -1.64. The number of benzene rings is 1. The lowest BCUT2D eigenvalue weighted by Crippen LogP contribution is -2.36. The highest BCUT2D eigenvalue weighted by Gasteiger charge is 2.19. The Labute approximate surface area is 82.1 Å². The molecular formula is C11H10NO2. The molecule has 1 unspecified atom stereocenters. The Morgan fingerprint density at radius 2 is 2.00 bits per heavy atom. The number of hydrogen-bond acceptors (Lipinski definition) is 2. The lowest BCUT2D eigenvalue weighted by Gasteiger charge is -2.06. The van der Waals surface area contributed by atoms with Crippen LogP contribution in [0.2, 0.25) is 0 Å². The average Bonchev–Trinajstić information content (AvgIpc) is 2.35. The maximum Gasteiger partial charge on any atom is 0.225 e. The second-order valence-corrected chi connectivity index (χ2v) is 3.39. The van der Waals surface area contributed by atoms with Crippen LogP contribution >= 0.6 is 0 Å². The van der Waals surface area contributed by atoms with Crippen molar-refractivity contribution in [3.05, 3.63) is 35.4 Å². The van der Waals surface area contributed by atoms with Gasteiger partial charge in [-0.05, 0) is 11.1 Å². The summed E-state index contributed by atoms with van der Waals surface area (Å²) in [7, 11) is 0. The normalized spacial score (nSPS) is 20.6. The van der Waals surface area contributed by atoms with E-state index in [0.717, 1.165) is 11.1 Å². The van der Waals surface area contributed by atoms with Gasteiger partial charge in [-0.2, -0.15) is 0 Å². The zero-order chi connectivity index (χ0) is 9.97. The summed E-state index contributed by atoms with van der Waals surface area (Å²) in [6.45, 7) is 0. The zero-order valence-electron chi connectivity index (χ0n) is 7.62. The van der Waals surface area contributed by atoms with Crippen molar-refractivity contribution in [2.45, 2.75) is 18.9 Å². The molecule has 1 aliphatic heterocycles. The number of nitrogens with one attached hydrogen (secondary N) is 1. The Bertz CT molecular complexity index is 373. The first kappa shape index (κ1) is 8.94. The highest BCUT2D eigenvalue weighted by Crippen LogP contribution is 2.14. The lowest BCUT2D eigenvalue weighted by atomic mass is 10.0. The van der Waals surface area contributed by atoms with E-state index in [1.807, 2.05) is 30.6 Å². The lowest BCUT2D eigenvalue weighted by molar-refractivity contribution is -0.120. The van der Waals surface area contributed by atoms with Crippen molar-refractivity contribution in [2.24, 2.45) is 0 Å². The molecule has 1 N–H and O–H groups in total. The first-order valence-corrected chi connectivity index (χ1v) is 4.53. The van der Waals surface area contributed by atoms with Crippen molar-refractivity contribution in [1.82, 2.24) is 5.32 Å². The van der Waals surface area contributed by atoms with Gasteiger partial charge in [0.2, 0.25) is 12.2 Å². The number of amides is 1. The molecule has 1 aliphatic rings. The number of carbonyl (C=O) groups is 1. The van der Waals surface area contributed by atoms with E-state index in [1.54, 1.807) is 0 Å². The highest BCUT2D eigenvalue weighted by atomic mass is 16.2. The molecule has 1 atom stereocenters. The topological polar surface area (TPSA) is 46.2 Å². The quantitative estimate of drug-likeness (QED) is 0.692. The summed E-state index contributed by atoms with van der Waals surface area (Å²) < 4.78 is 0. The van der Waals surface area contributed by atoms with Crippen LogP contribution in [-0.2, 0) is 22.4 Å². The highest BCUT2D eigenvalue weighted by molar-refractivity contribution is 5.83. The molecule has 71 valence electrons. The van der Waals surface area contributed by atoms with Gasteiger partial charge < -0.3 is 5.32 Å². The molecule has 0 spiro atoms. The number of carbonyl (C=O) groups excluding carboxylic acids is 2. The Kier molecular flexibility index (Phi) is 2.31. The molecular weight excluding hydrogens is 178 g/mol. The Balaban J connectivity index is 2.36. The summed E-state index contributed by atoms with van der Waals surface area (Å²) >= 11 is 0. The minimum atomic E-state index is -0.494. The third-order valence-electron chi connectivity index (χ3n) is 2.37. The molecule has 0 aliphatic carbocycles. The van der Waals surface area contributed by atoms with E-state index in [1.165, 1.54) is 0 Å². The first-order valence-electron chi connectivity index (χ1n) is 4.53.